The van der Waals surface area contributed by atoms with E-state index in [4.69, 9.17) is 4.74 Å². The van der Waals surface area contributed by atoms with E-state index in [1.54, 1.807) is 42.6 Å². The SMILES string of the molecule is CCCCCCOC1=C(C(=O)Nc2ccccn2)N(C)S(=O)(=O)c2ccccc21. The fourth-order valence-electron chi connectivity index (χ4n) is 3.12. The van der Waals surface area contributed by atoms with Gasteiger partial charge in [0.1, 0.15) is 5.82 Å². The molecule has 1 N–H and O–H groups in total. The molecule has 0 fully saturated rings. The van der Waals surface area contributed by atoms with E-state index in [1.807, 2.05) is 0 Å². The Bertz CT molecular complexity index is 1000. The van der Waals surface area contributed by atoms with Gasteiger partial charge in [-0.15, -0.1) is 0 Å². The summed E-state index contributed by atoms with van der Waals surface area (Å²) in [6.07, 6.45) is 5.58. The topological polar surface area (TPSA) is 88.6 Å². The molecule has 8 heteroatoms. The summed E-state index contributed by atoms with van der Waals surface area (Å²) >= 11 is 0. The van der Waals surface area contributed by atoms with Crippen LogP contribution < -0.4 is 5.32 Å². The summed E-state index contributed by atoms with van der Waals surface area (Å²) in [4.78, 5) is 17.2. The number of hydrogen-bond acceptors (Lipinski definition) is 5. The maximum atomic E-state index is 13.0. The van der Waals surface area contributed by atoms with Crippen molar-refractivity contribution in [2.45, 2.75) is 37.5 Å². The number of aromatic nitrogens is 1. The van der Waals surface area contributed by atoms with E-state index in [-0.39, 0.29) is 16.4 Å². The zero-order valence-corrected chi connectivity index (χ0v) is 17.4. The molecule has 1 aliphatic rings. The normalized spacial score (nSPS) is 15.0. The highest BCUT2D eigenvalue weighted by molar-refractivity contribution is 7.89. The third-order valence-corrected chi connectivity index (χ3v) is 6.48. The van der Waals surface area contributed by atoms with Gasteiger partial charge in [0.15, 0.2) is 11.5 Å². The van der Waals surface area contributed by atoms with Crippen molar-refractivity contribution in [3.05, 3.63) is 59.9 Å². The van der Waals surface area contributed by atoms with Gasteiger partial charge in [0.05, 0.1) is 11.5 Å². The Morgan fingerprint density at radius 1 is 1.10 bits per heavy atom. The number of likely N-dealkylation sites (N-methyl/N-ethyl adjacent to an activating group) is 1. The van der Waals surface area contributed by atoms with Gasteiger partial charge < -0.3 is 10.1 Å². The molecule has 154 valence electrons. The first-order valence-corrected chi connectivity index (χ1v) is 11.1. The molecule has 1 amide bonds. The van der Waals surface area contributed by atoms with Gasteiger partial charge in [-0.1, -0.05) is 44.4 Å². The number of pyridine rings is 1. The third kappa shape index (κ3) is 4.42. The molecule has 0 unspecified atom stereocenters. The standard InChI is InChI=1S/C21H25N3O4S/c1-3-4-5-10-15-28-20-16-11-6-7-12-17(16)29(26,27)24(2)19(20)21(25)23-18-13-8-9-14-22-18/h6-9,11-14H,3-5,10,15H2,1-2H3,(H,22,23,25). The first-order chi connectivity index (χ1) is 14.0. The van der Waals surface area contributed by atoms with Crippen LogP contribution in [0.2, 0.25) is 0 Å². The number of benzene rings is 1. The summed E-state index contributed by atoms with van der Waals surface area (Å²) in [5.74, 6) is 0.00708. The molecule has 1 aromatic heterocycles. The van der Waals surface area contributed by atoms with Crippen LogP contribution in [0.4, 0.5) is 5.82 Å². The number of unbranched alkanes of at least 4 members (excludes halogenated alkanes) is 3. The summed E-state index contributed by atoms with van der Waals surface area (Å²) in [5.41, 5.74) is 0.345. The predicted molar refractivity (Wildman–Crippen MR) is 111 cm³/mol. The van der Waals surface area contributed by atoms with Gasteiger partial charge in [-0.05, 0) is 30.7 Å². The van der Waals surface area contributed by atoms with E-state index < -0.39 is 15.9 Å². The van der Waals surface area contributed by atoms with Crippen LogP contribution in [0.5, 0.6) is 0 Å². The second kappa shape index (κ2) is 9.09. The molecule has 1 aliphatic heterocycles. The van der Waals surface area contributed by atoms with Crippen LogP contribution in [0.25, 0.3) is 5.76 Å². The zero-order valence-electron chi connectivity index (χ0n) is 16.6. The average Bonchev–Trinajstić information content (AvgIpc) is 2.72. The molecule has 7 nitrogen and oxygen atoms in total. The van der Waals surface area contributed by atoms with Crippen molar-refractivity contribution in [3.8, 4) is 0 Å². The highest BCUT2D eigenvalue weighted by Gasteiger charge is 2.38. The highest BCUT2D eigenvalue weighted by atomic mass is 32.2. The molecule has 0 spiro atoms. The van der Waals surface area contributed by atoms with Crippen LogP contribution in [0.1, 0.15) is 38.2 Å². The largest absolute Gasteiger partial charge is 0.490 e. The van der Waals surface area contributed by atoms with Crippen LogP contribution in [0, 0.1) is 0 Å². The van der Waals surface area contributed by atoms with E-state index in [0.29, 0.717) is 18.0 Å². The quantitative estimate of drug-likeness (QED) is 0.665. The van der Waals surface area contributed by atoms with E-state index in [2.05, 4.69) is 17.2 Å². The number of sulfonamides is 1. The second-order valence-electron chi connectivity index (χ2n) is 6.72. The molecule has 2 heterocycles. The fraction of sp³-hybridized carbons (Fsp3) is 0.333. The summed E-state index contributed by atoms with van der Waals surface area (Å²) in [6.45, 7) is 2.53. The number of amides is 1. The Labute approximate surface area is 171 Å². The Morgan fingerprint density at radius 2 is 1.86 bits per heavy atom. The second-order valence-corrected chi connectivity index (χ2v) is 8.66. The Balaban J connectivity index is 2.00. The van der Waals surface area contributed by atoms with Crippen LogP contribution >= 0.6 is 0 Å². The molecule has 0 radical (unpaired) electrons. The van der Waals surface area contributed by atoms with Crippen molar-refractivity contribution in [1.29, 1.82) is 0 Å². The third-order valence-electron chi connectivity index (χ3n) is 4.67. The molecule has 0 aliphatic carbocycles. The molecular weight excluding hydrogens is 390 g/mol. The maximum Gasteiger partial charge on any atom is 0.277 e. The van der Waals surface area contributed by atoms with Crippen LogP contribution in [0.3, 0.4) is 0 Å². The van der Waals surface area contributed by atoms with Crippen molar-refractivity contribution in [2.75, 3.05) is 19.0 Å². The first-order valence-electron chi connectivity index (χ1n) is 9.64. The van der Waals surface area contributed by atoms with Crippen molar-refractivity contribution >= 4 is 27.5 Å². The van der Waals surface area contributed by atoms with Crippen molar-refractivity contribution in [3.63, 3.8) is 0 Å². The van der Waals surface area contributed by atoms with Crippen molar-refractivity contribution in [2.24, 2.45) is 0 Å². The molecule has 0 saturated carbocycles. The number of rotatable bonds is 8. The Hall–Kier alpha value is -2.87. The minimum Gasteiger partial charge on any atom is -0.490 e. The summed E-state index contributed by atoms with van der Waals surface area (Å²) in [7, 11) is -2.50. The van der Waals surface area contributed by atoms with Crippen molar-refractivity contribution in [1.82, 2.24) is 9.29 Å². The summed E-state index contributed by atoms with van der Waals surface area (Å²) in [5, 5.41) is 2.66. The van der Waals surface area contributed by atoms with Gasteiger partial charge in [-0.25, -0.2) is 13.4 Å². The van der Waals surface area contributed by atoms with Crippen molar-refractivity contribution < 1.29 is 17.9 Å². The van der Waals surface area contributed by atoms with E-state index in [9.17, 15) is 13.2 Å². The molecule has 1 aromatic carbocycles. The fourth-order valence-corrected chi connectivity index (χ4v) is 4.52. The van der Waals surface area contributed by atoms with Gasteiger partial charge in [-0.2, -0.15) is 0 Å². The lowest BCUT2D eigenvalue weighted by Crippen LogP contribution is -2.37. The van der Waals surface area contributed by atoms with Gasteiger partial charge in [0.2, 0.25) is 0 Å². The number of carbonyl (C=O) groups is 1. The lowest BCUT2D eigenvalue weighted by Gasteiger charge is -2.30. The van der Waals surface area contributed by atoms with Gasteiger partial charge >= 0.3 is 0 Å². The number of carbonyl (C=O) groups excluding carboxylic acids is 1. The lowest BCUT2D eigenvalue weighted by atomic mass is 10.1. The molecule has 3 rings (SSSR count). The van der Waals surface area contributed by atoms with E-state index in [0.717, 1.165) is 30.0 Å². The molecule has 0 saturated heterocycles. The van der Waals surface area contributed by atoms with E-state index >= 15 is 0 Å². The average molecular weight is 416 g/mol. The smallest absolute Gasteiger partial charge is 0.277 e. The molecule has 29 heavy (non-hydrogen) atoms. The monoisotopic (exact) mass is 415 g/mol. The number of anilines is 1. The maximum absolute atomic E-state index is 13.0. The Kier molecular flexibility index (Phi) is 6.53. The minimum absolute atomic E-state index is 0.0511. The number of ether oxygens (including phenoxy) is 1. The van der Waals surface area contributed by atoms with Crippen LogP contribution in [-0.2, 0) is 19.6 Å². The number of hydrogen-bond donors (Lipinski definition) is 1. The molecule has 0 atom stereocenters. The number of nitrogens with zero attached hydrogens (tertiary/aromatic N) is 2. The van der Waals surface area contributed by atoms with Crippen LogP contribution in [-0.4, -0.2) is 37.3 Å². The van der Waals surface area contributed by atoms with Crippen LogP contribution in [0.15, 0.2) is 59.3 Å². The molecule has 2 aromatic rings. The van der Waals surface area contributed by atoms with E-state index in [1.165, 1.54) is 13.1 Å². The molecule has 0 bridgehead atoms. The van der Waals surface area contributed by atoms with Gasteiger partial charge in [-0.3, -0.25) is 9.10 Å². The number of nitrogens with one attached hydrogen (secondary N) is 1. The zero-order chi connectivity index (χ0) is 20.9. The Morgan fingerprint density at radius 3 is 2.59 bits per heavy atom. The van der Waals surface area contributed by atoms with Gasteiger partial charge in [0.25, 0.3) is 15.9 Å². The first kappa shape index (κ1) is 20.9. The predicted octanol–water partition coefficient (Wildman–Crippen LogP) is 3.62. The molecular formula is C21H25N3O4S. The number of fused-ring (bicyclic) bond motifs is 1. The lowest BCUT2D eigenvalue weighted by molar-refractivity contribution is -0.113. The highest BCUT2D eigenvalue weighted by Crippen LogP contribution is 2.37. The minimum atomic E-state index is -3.87. The summed E-state index contributed by atoms with van der Waals surface area (Å²) < 4.78 is 32.9. The van der Waals surface area contributed by atoms with Gasteiger partial charge in [0, 0.05) is 18.8 Å². The summed E-state index contributed by atoms with van der Waals surface area (Å²) in [6, 6.07) is 11.7.